The average Bonchev–Trinajstić information content (AvgIpc) is 3.39. The Balaban J connectivity index is 1.34. The Morgan fingerprint density at radius 2 is 1.38 bits per heavy atom. The molecule has 0 spiro atoms. The highest BCUT2D eigenvalue weighted by Gasteiger charge is 2.29. The summed E-state index contributed by atoms with van der Waals surface area (Å²) in [5, 5.41) is 11.7. The van der Waals surface area contributed by atoms with E-state index in [0.717, 1.165) is 7.28 Å². The third kappa shape index (κ3) is 2.97. The van der Waals surface area contributed by atoms with Crippen LogP contribution in [0.15, 0.2) is 137 Å². The van der Waals surface area contributed by atoms with Crippen LogP contribution in [0.25, 0.3) is 60.2 Å². The maximum absolute atomic E-state index is 3.84. The first-order valence-electron chi connectivity index (χ1n) is 14.5. The van der Waals surface area contributed by atoms with Crippen LogP contribution < -0.4 is 16.2 Å². The fraction of sp³-hybridized carbons (Fsp3) is 0. The minimum Gasteiger partial charge on any atom is -0.353 e. The molecule has 0 unspecified atom stereocenters. The van der Waals surface area contributed by atoms with Gasteiger partial charge in [-0.2, -0.15) is 0 Å². The van der Waals surface area contributed by atoms with Crippen molar-refractivity contribution in [2.75, 3.05) is 5.32 Å². The van der Waals surface area contributed by atoms with Gasteiger partial charge in [-0.1, -0.05) is 114 Å². The molecule has 0 aliphatic carbocycles. The number of hydrogen-bond donors (Lipinski definition) is 1. The lowest BCUT2D eigenvalue weighted by Crippen LogP contribution is -2.37. The van der Waals surface area contributed by atoms with E-state index >= 15 is 0 Å². The molecule has 0 amide bonds. The maximum atomic E-state index is 3.84. The van der Waals surface area contributed by atoms with E-state index in [-0.39, 0.29) is 0 Å². The van der Waals surface area contributed by atoms with Crippen molar-refractivity contribution in [3.8, 4) is 16.8 Å². The zero-order valence-corrected chi connectivity index (χ0v) is 23.5. The lowest BCUT2D eigenvalue weighted by atomic mass is 9.58. The number of aromatic nitrogens is 1. The summed E-state index contributed by atoms with van der Waals surface area (Å²) in [6, 6.07) is 47.0. The van der Waals surface area contributed by atoms with Gasteiger partial charge < -0.3 is 9.88 Å². The SMILES string of the molecule is B1c2c(cc3ccccc3c2-c2cccc3c2Nc2ccccc2S3)-n2c3ccc4ccccc4c3c3cccc1c32. The smallest absolute Gasteiger partial charge is 0.198 e. The van der Waals surface area contributed by atoms with Crippen LogP contribution in [0.3, 0.4) is 0 Å². The van der Waals surface area contributed by atoms with Crippen molar-refractivity contribution in [1.29, 1.82) is 0 Å². The Bertz CT molecular complexity index is 2460. The van der Waals surface area contributed by atoms with Gasteiger partial charge in [0, 0.05) is 37.3 Å². The van der Waals surface area contributed by atoms with Gasteiger partial charge in [0.1, 0.15) is 0 Å². The molecule has 3 heterocycles. The standard InChI is InChI=1S/C38H23BN2S/c1-3-11-24-22(9-1)19-20-30-34(24)27-14-7-15-28-38(27)41(30)31-21-23-10-2-4-12-25(23)35(36(31)39-28)26-13-8-18-33-37(26)40-29-16-5-6-17-32(29)42-33/h1-21,39-40H. The van der Waals surface area contributed by atoms with E-state index < -0.39 is 0 Å². The molecule has 1 aromatic heterocycles. The summed E-state index contributed by atoms with van der Waals surface area (Å²) in [4.78, 5) is 2.54. The van der Waals surface area contributed by atoms with Gasteiger partial charge in [-0.3, -0.25) is 0 Å². The molecule has 4 heteroatoms. The monoisotopic (exact) mass is 550 g/mol. The molecule has 10 rings (SSSR count). The molecule has 0 fully saturated rings. The highest BCUT2D eigenvalue weighted by molar-refractivity contribution is 7.99. The van der Waals surface area contributed by atoms with E-state index in [1.807, 2.05) is 11.8 Å². The van der Waals surface area contributed by atoms with Gasteiger partial charge in [-0.15, -0.1) is 0 Å². The molecular weight excluding hydrogens is 527 g/mol. The van der Waals surface area contributed by atoms with Gasteiger partial charge in [-0.25, -0.2) is 0 Å². The molecule has 0 saturated heterocycles. The van der Waals surface area contributed by atoms with Crippen LogP contribution >= 0.6 is 11.8 Å². The largest absolute Gasteiger partial charge is 0.353 e. The van der Waals surface area contributed by atoms with Crippen LogP contribution in [0.4, 0.5) is 11.4 Å². The quantitative estimate of drug-likeness (QED) is 0.206. The third-order valence-corrected chi connectivity index (χ3v) is 10.3. The van der Waals surface area contributed by atoms with Gasteiger partial charge in [-0.05, 0) is 62.9 Å². The zero-order chi connectivity index (χ0) is 27.4. The molecule has 7 aromatic carbocycles. The van der Waals surface area contributed by atoms with E-state index in [1.54, 1.807) is 0 Å². The van der Waals surface area contributed by atoms with Crippen molar-refractivity contribution in [1.82, 2.24) is 4.57 Å². The summed E-state index contributed by atoms with van der Waals surface area (Å²) in [6.45, 7) is 0. The average molecular weight is 550 g/mol. The topological polar surface area (TPSA) is 17.0 Å². The minimum atomic E-state index is 0.897. The summed E-state index contributed by atoms with van der Waals surface area (Å²) in [7, 11) is 0.897. The first-order chi connectivity index (χ1) is 20.8. The Labute approximate surface area is 247 Å². The zero-order valence-electron chi connectivity index (χ0n) is 22.7. The number of fused-ring (bicyclic) bond motifs is 10. The normalized spacial score (nSPS) is 13.0. The molecule has 0 radical (unpaired) electrons. The molecule has 0 atom stereocenters. The summed E-state index contributed by atoms with van der Waals surface area (Å²) < 4.78 is 2.55. The summed E-state index contributed by atoms with van der Waals surface area (Å²) >= 11 is 1.85. The lowest BCUT2D eigenvalue weighted by Gasteiger charge is -2.28. The fourth-order valence-electron chi connectivity index (χ4n) is 7.42. The van der Waals surface area contributed by atoms with Gasteiger partial charge in [0.15, 0.2) is 7.28 Å². The number of nitrogens with zero attached hydrogens (tertiary/aromatic N) is 1. The van der Waals surface area contributed by atoms with Crippen LogP contribution in [-0.4, -0.2) is 11.8 Å². The second-order valence-corrected chi connectivity index (χ2v) is 12.5. The highest BCUT2D eigenvalue weighted by Crippen LogP contribution is 2.49. The predicted molar refractivity (Wildman–Crippen MR) is 181 cm³/mol. The van der Waals surface area contributed by atoms with Gasteiger partial charge in [0.25, 0.3) is 0 Å². The second-order valence-electron chi connectivity index (χ2n) is 11.4. The highest BCUT2D eigenvalue weighted by atomic mass is 32.2. The van der Waals surface area contributed by atoms with Crippen molar-refractivity contribution < 1.29 is 0 Å². The number of anilines is 2. The van der Waals surface area contributed by atoms with Crippen molar-refractivity contribution in [3.05, 3.63) is 127 Å². The van der Waals surface area contributed by atoms with Crippen LogP contribution in [0.1, 0.15) is 0 Å². The van der Waals surface area contributed by atoms with Crippen molar-refractivity contribution >= 4 is 84.7 Å². The van der Waals surface area contributed by atoms with Crippen molar-refractivity contribution in [2.24, 2.45) is 0 Å². The number of nitrogens with one attached hydrogen (secondary N) is 1. The van der Waals surface area contributed by atoms with Crippen LogP contribution in [-0.2, 0) is 0 Å². The summed E-state index contributed by atoms with van der Waals surface area (Å²) in [5.41, 5.74) is 11.6. The van der Waals surface area contributed by atoms with E-state index in [9.17, 15) is 0 Å². The Hall–Kier alpha value is -4.93. The number of para-hydroxylation sites is 3. The van der Waals surface area contributed by atoms with Crippen LogP contribution in [0.2, 0.25) is 0 Å². The molecule has 0 bridgehead atoms. The third-order valence-electron chi connectivity index (χ3n) is 9.16. The maximum Gasteiger partial charge on any atom is 0.198 e. The second kappa shape index (κ2) is 8.31. The molecule has 2 aliphatic heterocycles. The molecule has 2 nitrogen and oxygen atoms in total. The molecule has 194 valence electrons. The Kier molecular flexibility index (Phi) is 4.50. The number of rotatable bonds is 1. The van der Waals surface area contributed by atoms with Crippen molar-refractivity contribution in [3.63, 3.8) is 0 Å². The molecule has 42 heavy (non-hydrogen) atoms. The van der Waals surface area contributed by atoms with E-state index in [2.05, 4.69) is 137 Å². The van der Waals surface area contributed by atoms with Gasteiger partial charge in [0.05, 0.1) is 16.9 Å². The first-order valence-corrected chi connectivity index (χ1v) is 15.3. The summed E-state index contributed by atoms with van der Waals surface area (Å²) in [6.07, 6.45) is 0. The Morgan fingerprint density at radius 3 is 2.33 bits per heavy atom. The fourth-order valence-corrected chi connectivity index (χ4v) is 8.44. The molecular formula is C38H23BN2S. The van der Waals surface area contributed by atoms with E-state index in [4.69, 9.17) is 0 Å². The van der Waals surface area contributed by atoms with Gasteiger partial charge >= 0.3 is 0 Å². The van der Waals surface area contributed by atoms with Crippen LogP contribution in [0, 0.1) is 0 Å². The van der Waals surface area contributed by atoms with Crippen LogP contribution in [0.5, 0.6) is 0 Å². The lowest BCUT2D eigenvalue weighted by molar-refractivity contribution is 1.20. The number of benzene rings is 7. The van der Waals surface area contributed by atoms with Gasteiger partial charge in [0.2, 0.25) is 0 Å². The molecule has 1 N–H and O–H groups in total. The number of hydrogen-bond acceptors (Lipinski definition) is 2. The molecule has 8 aromatic rings. The molecule has 0 saturated carbocycles. The molecule has 2 aliphatic rings. The predicted octanol–water partition coefficient (Wildman–Crippen LogP) is 8.67. The van der Waals surface area contributed by atoms with E-state index in [1.165, 1.54) is 92.3 Å². The minimum absolute atomic E-state index is 0.897. The van der Waals surface area contributed by atoms with E-state index in [0.29, 0.717) is 0 Å². The first kappa shape index (κ1) is 22.7. The van der Waals surface area contributed by atoms with Crippen molar-refractivity contribution in [2.45, 2.75) is 9.79 Å². The summed E-state index contributed by atoms with van der Waals surface area (Å²) in [5.74, 6) is 0. The Morgan fingerprint density at radius 1 is 0.619 bits per heavy atom.